The fraction of sp³-hybridized carbons (Fsp3) is 0.750. The Morgan fingerprint density at radius 3 is 1.08 bits per heavy atom. The predicted molar refractivity (Wildman–Crippen MR) is 85.0 cm³/mol. The van der Waals surface area contributed by atoms with Gasteiger partial charge in [-0.15, -0.1) is 0 Å². The molecule has 8 heteroatoms. The van der Waals surface area contributed by atoms with Gasteiger partial charge in [0.2, 0.25) is 0 Å². The Balaban J connectivity index is 0. The van der Waals surface area contributed by atoms with Gasteiger partial charge in [0.1, 0.15) is 0 Å². The highest BCUT2D eigenvalue weighted by atomic mass is 16.6. The fourth-order valence-corrected chi connectivity index (χ4v) is 1.12. The van der Waals surface area contributed by atoms with Crippen molar-refractivity contribution in [2.75, 3.05) is 26.4 Å². The van der Waals surface area contributed by atoms with Gasteiger partial charge in [-0.2, -0.15) is 0 Å². The molecule has 0 aliphatic heterocycles. The zero-order valence-corrected chi connectivity index (χ0v) is 14.9. The lowest BCUT2D eigenvalue weighted by Gasteiger charge is -2.03. The van der Waals surface area contributed by atoms with Crippen molar-refractivity contribution in [2.24, 2.45) is 0 Å². The molecule has 0 heterocycles. The fourth-order valence-electron chi connectivity index (χ4n) is 1.12. The number of ether oxygens (including phenoxy) is 4. The van der Waals surface area contributed by atoms with Crippen molar-refractivity contribution in [1.29, 1.82) is 0 Å². The molecule has 0 aromatic heterocycles. The Morgan fingerprint density at radius 2 is 0.833 bits per heavy atom. The Kier molecular flexibility index (Phi) is 17.3. The lowest BCUT2D eigenvalue weighted by molar-refractivity contribution is -0.167. The molecule has 0 atom stereocenters. The van der Waals surface area contributed by atoms with Gasteiger partial charge < -0.3 is 18.9 Å². The molecule has 0 unspecified atom stereocenters. The largest absolute Gasteiger partial charge is 0.458 e. The molecule has 0 saturated heterocycles. The topological polar surface area (TPSA) is 105 Å². The SMILES string of the molecule is CCCCOC(=O)C(=O)OCCCC.CCOC(=O)C(=O)OCC. The third-order valence-corrected chi connectivity index (χ3v) is 2.35. The van der Waals surface area contributed by atoms with Crippen LogP contribution in [0.5, 0.6) is 0 Å². The van der Waals surface area contributed by atoms with Gasteiger partial charge in [0.25, 0.3) is 0 Å². The minimum absolute atomic E-state index is 0.192. The van der Waals surface area contributed by atoms with Crippen LogP contribution in [0.2, 0.25) is 0 Å². The number of rotatable bonds is 8. The van der Waals surface area contributed by atoms with Crippen molar-refractivity contribution < 1.29 is 38.1 Å². The Morgan fingerprint density at radius 1 is 0.542 bits per heavy atom. The first-order valence-electron chi connectivity index (χ1n) is 8.12. The zero-order chi connectivity index (χ0) is 18.8. The Labute approximate surface area is 142 Å². The Bertz CT molecular complexity index is 342. The second-order valence-electron chi connectivity index (χ2n) is 4.42. The van der Waals surface area contributed by atoms with E-state index in [1.165, 1.54) is 0 Å². The van der Waals surface area contributed by atoms with E-state index in [9.17, 15) is 19.2 Å². The molecular weight excluding hydrogens is 320 g/mol. The van der Waals surface area contributed by atoms with Gasteiger partial charge in [0.15, 0.2) is 0 Å². The van der Waals surface area contributed by atoms with E-state index in [2.05, 4.69) is 18.9 Å². The summed E-state index contributed by atoms with van der Waals surface area (Å²) in [5.74, 6) is -3.61. The third kappa shape index (κ3) is 14.8. The highest BCUT2D eigenvalue weighted by Gasteiger charge is 2.16. The van der Waals surface area contributed by atoms with Crippen LogP contribution < -0.4 is 0 Å². The lowest BCUT2D eigenvalue weighted by atomic mass is 10.4. The second kappa shape index (κ2) is 17.2. The molecule has 0 fully saturated rings. The number of hydrogen-bond acceptors (Lipinski definition) is 8. The van der Waals surface area contributed by atoms with Crippen LogP contribution in [0.4, 0.5) is 0 Å². The number of carbonyl (C=O) groups excluding carboxylic acids is 4. The molecule has 0 radical (unpaired) electrons. The van der Waals surface area contributed by atoms with Gasteiger partial charge in [-0.3, -0.25) is 0 Å². The van der Waals surface area contributed by atoms with Crippen LogP contribution in [0, 0.1) is 0 Å². The summed E-state index contributed by atoms with van der Waals surface area (Å²) >= 11 is 0. The average Bonchev–Trinajstić information content (AvgIpc) is 2.56. The summed E-state index contributed by atoms with van der Waals surface area (Å²) in [5.41, 5.74) is 0. The maximum Gasteiger partial charge on any atom is 0.417 e. The molecule has 0 aromatic carbocycles. The van der Waals surface area contributed by atoms with Gasteiger partial charge in [0, 0.05) is 0 Å². The van der Waals surface area contributed by atoms with Crippen molar-refractivity contribution in [3.8, 4) is 0 Å². The predicted octanol–water partition coefficient (Wildman–Crippen LogP) is 1.79. The molecule has 0 N–H and O–H groups in total. The molecule has 0 rings (SSSR count). The summed E-state index contributed by atoms with van der Waals surface area (Å²) in [5, 5.41) is 0. The molecule has 24 heavy (non-hydrogen) atoms. The van der Waals surface area contributed by atoms with Crippen LogP contribution >= 0.6 is 0 Å². The molecule has 0 spiro atoms. The quantitative estimate of drug-likeness (QED) is 0.283. The second-order valence-corrected chi connectivity index (χ2v) is 4.42. The van der Waals surface area contributed by atoms with E-state index in [1.54, 1.807) is 13.8 Å². The highest BCUT2D eigenvalue weighted by molar-refractivity contribution is 6.30. The van der Waals surface area contributed by atoms with Gasteiger partial charge in [0.05, 0.1) is 26.4 Å². The minimum atomic E-state index is -0.927. The smallest absolute Gasteiger partial charge is 0.417 e. The summed E-state index contributed by atoms with van der Waals surface area (Å²) in [6, 6.07) is 0. The molecule has 0 aromatic rings. The van der Waals surface area contributed by atoms with Crippen LogP contribution in [0.25, 0.3) is 0 Å². The standard InChI is InChI=1S/C10H18O4.C6H10O4/c1-3-5-7-13-9(11)10(12)14-8-6-4-2;1-3-9-5(7)6(8)10-4-2/h3-8H2,1-2H3;3-4H2,1-2H3. The number of hydrogen-bond donors (Lipinski definition) is 0. The molecule has 0 aliphatic carbocycles. The Hall–Kier alpha value is -2.12. The van der Waals surface area contributed by atoms with Crippen molar-refractivity contribution in [3.05, 3.63) is 0 Å². The first-order chi connectivity index (χ1) is 11.4. The number of esters is 4. The van der Waals surface area contributed by atoms with Crippen LogP contribution in [-0.2, 0) is 38.1 Å². The highest BCUT2D eigenvalue weighted by Crippen LogP contribution is 1.93. The van der Waals surface area contributed by atoms with Crippen molar-refractivity contribution in [1.82, 2.24) is 0 Å². The summed E-state index contributed by atoms with van der Waals surface area (Å²) in [7, 11) is 0. The van der Waals surface area contributed by atoms with Gasteiger partial charge >= 0.3 is 23.9 Å². The average molecular weight is 348 g/mol. The van der Waals surface area contributed by atoms with E-state index in [0.717, 1.165) is 25.7 Å². The van der Waals surface area contributed by atoms with E-state index >= 15 is 0 Å². The van der Waals surface area contributed by atoms with Crippen molar-refractivity contribution in [2.45, 2.75) is 53.4 Å². The van der Waals surface area contributed by atoms with E-state index in [1.807, 2.05) is 13.8 Å². The monoisotopic (exact) mass is 348 g/mol. The first kappa shape index (κ1) is 24.1. The van der Waals surface area contributed by atoms with Gasteiger partial charge in [-0.25, -0.2) is 19.2 Å². The van der Waals surface area contributed by atoms with Gasteiger partial charge in [-0.05, 0) is 26.7 Å². The summed E-state index contributed by atoms with van der Waals surface area (Å²) in [6.07, 6.45) is 3.40. The minimum Gasteiger partial charge on any atom is -0.458 e. The zero-order valence-electron chi connectivity index (χ0n) is 14.9. The molecule has 0 bridgehead atoms. The van der Waals surface area contributed by atoms with Crippen LogP contribution in [0.1, 0.15) is 53.4 Å². The molecule has 0 saturated carbocycles. The molecule has 0 aliphatic rings. The summed E-state index contributed by atoms with van der Waals surface area (Å²) < 4.78 is 18.0. The first-order valence-corrected chi connectivity index (χ1v) is 8.12. The molecule has 8 nitrogen and oxygen atoms in total. The van der Waals surface area contributed by atoms with Crippen LogP contribution in [0.15, 0.2) is 0 Å². The third-order valence-electron chi connectivity index (χ3n) is 2.35. The maximum absolute atomic E-state index is 10.9. The molecule has 0 amide bonds. The van der Waals surface area contributed by atoms with Crippen molar-refractivity contribution in [3.63, 3.8) is 0 Å². The molecular formula is C16H28O8. The maximum atomic E-state index is 10.9. The van der Waals surface area contributed by atoms with E-state index < -0.39 is 23.9 Å². The number of carbonyl (C=O) groups is 4. The summed E-state index contributed by atoms with van der Waals surface area (Å²) in [6.45, 7) is 8.17. The van der Waals surface area contributed by atoms with Gasteiger partial charge in [-0.1, -0.05) is 26.7 Å². The van der Waals surface area contributed by atoms with E-state index in [0.29, 0.717) is 0 Å². The lowest BCUT2D eigenvalue weighted by Crippen LogP contribution is -2.21. The van der Waals surface area contributed by atoms with E-state index in [4.69, 9.17) is 0 Å². The van der Waals surface area contributed by atoms with Crippen LogP contribution in [-0.4, -0.2) is 50.3 Å². The normalized spacial score (nSPS) is 9.17. The van der Waals surface area contributed by atoms with E-state index in [-0.39, 0.29) is 26.4 Å². The van der Waals surface area contributed by atoms with Crippen molar-refractivity contribution >= 4 is 23.9 Å². The van der Waals surface area contributed by atoms with Crippen LogP contribution in [0.3, 0.4) is 0 Å². The molecule has 140 valence electrons. The number of unbranched alkanes of at least 4 members (excludes halogenated alkanes) is 2. The summed E-state index contributed by atoms with van der Waals surface area (Å²) in [4.78, 5) is 42.7.